The van der Waals surface area contributed by atoms with Crippen LogP contribution in [-0.2, 0) is 9.53 Å². The van der Waals surface area contributed by atoms with Crippen LogP contribution in [0.3, 0.4) is 0 Å². The molecule has 2 rings (SSSR count). The Morgan fingerprint density at radius 2 is 2.19 bits per heavy atom. The first-order valence-electron chi connectivity index (χ1n) is 6.96. The number of rotatable bonds is 8. The van der Waals surface area contributed by atoms with E-state index < -0.39 is 0 Å². The van der Waals surface area contributed by atoms with Crippen LogP contribution in [0.15, 0.2) is 11.4 Å². The number of thioether (sulfide) groups is 1. The van der Waals surface area contributed by atoms with Crippen LogP contribution in [0.2, 0.25) is 0 Å². The van der Waals surface area contributed by atoms with Gasteiger partial charge in [-0.3, -0.25) is 4.79 Å². The number of carbonyl (C=O) groups is 1. The van der Waals surface area contributed by atoms with Gasteiger partial charge in [0.15, 0.2) is 11.6 Å². The van der Waals surface area contributed by atoms with Crippen molar-refractivity contribution in [2.75, 3.05) is 31.8 Å². The molecular formula is C14H21N3O3S. The summed E-state index contributed by atoms with van der Waals surface area (Å²) < 4.78 is 10.2. The van der Waals surface area contributed by atoms with Crippen molar-refractivity contribution in [2.24, 2.45) is 5.41 Å². The summed E-state index contributed by atoms with van der Waals surface area (Å²) in [5, 5.41) is 3.96. The zero-order chi connectivity index (χ0) is 15.3. The number of nitrogens with zero attached hydrogens (tertiary/aromatic N) is 2. The highest BCUT2D eigenvalue weighted by Gasteiger charge is 2.44. The van der Waals surface area contributed by atoms with Gasteiger partial charge in [-0.15, -0.1) is 11.8 Å². The first kappa shape index (κ1) is 15.9. The Morgan fingerprint density at radius 1 is 1.43 bits per heavy atom. The van der Waals surface area contributed by atoms with E-state index in [-0.39, 0.29) is 11.4 Å². The van der Waals surface area contributed by atoms with Gasteiger partial charge in [0, 0.05) is 12.3 Å². The zero-order valence-electron chi connectivity index (χ0n) is 12.6. The Balaban J connectivity index is 2.03. The lowest BCUT2D eigenvalue weighted by Crippen LogP contribution is -2.13. The molecule has 116 valence electrons. The van der Waals surface area contributed by atoms with Gasteiger partial charge in [0.25, 0.3) is 0 Å². The number of carbonyl (C=O) groups excluding carboxylic acids is 1. The molecule has 0 unspecified atom stereocenters. The average molecular weight is 311 g/mol. The molecule has 1 aromatic rings. The minimum atomic E-state index is -0.143. The second-order valence-corrected chi connectivity index (χ2v) is 6.10. The lowest BCUT2D eigenvalue weighted by molar-refractivity contribution is -0.141. The maximum Gasteiger partial charge on any atom is 0.306 e. The van der Waals surface area contributed by atoms with Crippen LogP contribution >= 0.6 is 11.8 Å². The molecule has 1 aromatic heterocycles. The van der Waals surface area contributed by atoms with Crippen molar-refractivity contribution in [1.29, 1.82) is 0 Å². The molecular weight excluding hydrogens is 290 g/mol. The lowest BCUT2D eigenvalue weighted by atomic mass is 10.1. The Morgan fingerprint density at radius 3 is 2.76 bits per heavy atom. The summed E-state index contributed by atoms with van der Waals surface area (Å²) in [4.78, 5) is 19.9. The summed E-state index contributed by atoms with van der Waals surface area (Å²) in [6, 6.07) is 0. The molecule has 0 bridgehead atoms. The van der Waals surface area contributed by atoms with Gasteiger partial charge < -0.3 is 14.8 Å². The van der Waals surface area contributed by atoms with E-state index in [1.54, 1.807) is 18.9 Å². The number of hydrogen-bond acceptors (Lipinski definition) is 7. The number of esters is 1. The zero-order valence-corrected chi connectivity index (χ0v) is 13.5. The predicted molar refractivity (Wildman–Crippen MR) is 81.8 cm³/mol. The van der Waals surface area contributed by atoms with E-state index in [0.717, 1.165) is 30.2 Å². The van der Waals surface area contributed by atoms with E-state index in [4.69, 9.17) is 9.47 Å². The van der Waals surface area contributed by atoms with Crippen molar-refractivity contribution in [3.8, 4) is 5.75 Å². The van der Waals surface area contributed by atoms with E-state index >= 15 is 0 Å². The molecule has 6 nitrogen and oxygen atoms in total. The molecule has 0 aromatic carbocycles. The van der Waals surface area contributed by atoms with Crippen molar-refractivity contribution in [3.63, 3.8) is 0 Å². The highest BCUT2D eigenvalue weighted by molar-refractivity contribution is 7.99. The lowest BCUT2D eigenvalue weighted by Gasteiger charge is -2.15. The van der Waals surface area contributed by atoms with Crippen molar-refractivity contribution >= 4 is 23.5 Å². The van der Waals surface area contributed by atoms with E-state index in [1.165, 1.54) is 13.4 Å². The fourth-order valence-corrected chi connectivity index (χ4v) is 3.35. The predicted octanol–water partition coefficient (Wildman–Crippen LogP) is 2.35. The monoisotopic (exact) mass is 311 g/mol. The van der Waals surface area contributed by atoms with E-state index in [1.807, 2.05) is 6.92 Å². The van der Waals surface area contributed by atoms with Crippen LogP contribution < -0.4 is 10.1 Å². The van der Waals surface area contributed by atoms with Crippen LogP contribution in [0.1, 0.15) is 26.2 Å². The summed E-state index contributed by atoms with van der Waals surface area (Å²) in [5.41, 5.74) is 0.0616. The summed E-state index contributed by atoms with van der Waals surface area (Å²) in [5.74, 6) is 2.06. The van der Waals surface area contributed by atoms with Crippen molar-refractivity contribution < 1.29 is 14.3 Å². The SMILES string of the molecule is CCNc1ncnc(SCC2(CC(=O)OC)CC2)c1OC. The van der Waals surface area contributed by atoms with Crippen LogP contribution in [0.4, 0.5) is 5.82 Å². The minimum Gasteiger partial charge on any atom is -0.490 e. The van der Waals surface area contributed by atoms with Gasteiger partial charge in [-0.1, -0.05) is 0 Å². The first-order valence-corrected chi connectivity index (χ1v) is 7.95. The van der Waals surface area contributed by atoms with Crippen molar-refractivity contribution in [1.82, 2.24) is 9.97 Å². The van der Waals surface area contributed by atoms with Gasteiger partial charge in [0.05, 0.1) is 20.6 Å². The summed E-state index contributed by atoms with van der Waals surface area (Å²) in [6.07, 6.45) is 4.12. The topological polar surface area (TPSA) is 73.3 Å². The molecule has 0 amide bonds. The van der Waals surface area contributed by atoms with Gasteiger partial charge in [-0.2, -0.15) is 0 Å². The number of hydrogen-bond donors (Lipinski definition) is 1. The van der Waals surface area contributed by atoms with Gasteiger partial charge >= 0.3 is 5.97 Å². The number of nitrogens with one attached hydrogen (secondary N) is 1. The fourth-order valence-electron chi connectivity index (χ4n) is 2.09. The summed E-state index contributed by atoms with van der Waals surface area (Å²) in [6.45, 7) is 2.77. The largest absolute Gasteiger partial charge is 0.490 e. The molecule has 0 radical (unpaired) electrons. The van der Waals surface area contributed by atoms with Crippen LogP contribution in [-0.4, -0.2) is 42.5 Å². The van der Waals surface area contributed by atoms with Crippen molar-refractivity contribution in [3.05, 3.63) is 6.33 Å². The third-order valence-corrected chi connectivity index (χ3v) is 4.86. The van der Waals surface area contributed by atoms with Crippen molar-refractivity contribution in [2.45, 2.75) is 31.2 Å². The second kappa shape index (κ2) is 6.98. The second-order valence-electron chi connectivity index (χ2n) is 5.13. The molecule has 1 aliphatic rings. The van der Waals surface area contributed by atoms with Gasteiger partial charge in [0.2, 0.25) is 0 Å². The third-order valence-electron chi connectivity index (χ3n) is 3.54. The third kappa shape index (κ3) is 4.00. The Kier molecular flexibility index (Phi) is 5.27. The molecule has 7 heteroatoms. The quantitative estimate of drug-likeness (QED) is 0.449. The highest BCUT2D eigenvalue weighted by Crippen LogP contribution is 2.52. The summed E-state index contributed by atoms with van der Waals surface area (Å²) >= 11 is 1.61. The summed E-state index contributed by atoms with van der Waals surface area (Å²) in [7, 11) is 3.05. The fraction of sp³-hybridized carbons (Fsp3) is 0.643. The minimum absolute atomic E-state index is 0.0616. The maximum atomic E-state index is 11.4. The smallest absolute Gasteiger partial charge is 0.306 e. The van der Waals surface area contributed by atoms with E-state index in [0.29, 0.717) is 18.0 Å². The first-order chi connectivity index (χ1) is 10.1. The van der Waals surface area contributed by atoms with Gasteiger partial charge in [-0.05, 0) is 25.2 Å². The molecule has 0 saturated heterocycles. The number of aromatic nitrogens is 2. The molecule has 1 N–H and O–H groups in total. The Hall–Kier alpha value is -1.50. The number of ether oxygens (including phenoxy) is 2. The van der Waals surface area contributed by atoms with Crippen LogP contribution in [0, 0.1) is 5.41 Å². The molecule has 0 spiro atoms. The number of methoxy groups -OCH3 is 2. The van der Waals surface area contributed by atoms with Crippen LogP contribution in [0.25, 0.3) is 0 Å². The molecule has 21 heavy (non-hydrogen) atoms. The molecule has 1 fully saturated rings. The normalized spacial score (nSPS) is 15.4. The van der Waals surface area contributed by atoms with Gasteiger partial charge in [-0.25, -0.2) is 9.97 Å². The highest BCUT2D eigenvalue weighted by atomic mass is 32.2. The average Bonchev–Trinajstić information content (AvgIpc) is 3.25. The molecule has 1 heterocycles. The van der Waals surface area contributed by atoms with Crippen LogP contribution in [0.5, 0.6) is 5.75 Å². The standard InChI is InChI=1S/C14H21N3O3S/c1-4-15-12-11(20-3)13(17-9-16-12)21-8-14(5-6-14)7-10(18)19-2/h9H,4-8H2,1-3H3,(H,15,16,17). The van der Waals surface area contributed by atoms with Gasteiger partial charge in [0.1, 0.15) is 11.4 Å². The maximum absolute atomic E-state index is 11.4. The molecule has 0 aliphatic heterocycles. The Bertz CT molecular complexity index is 506. The Labute approximate surface area is 129 Å². The number of anilines is 1. The molecule has 1 saturated carbocycles. The van der Waals surface area contributed by atoms with E-state index in [9.17, 15) is 4.79 Å². The molecule has 1 aliphatic carbocycles. The van der Waals surface area contributed by atoms with E-state index in [2.05, 4.69) is 15.3 Å². The molecule has 0 atom stereocenters.